The highest BCUT2D eigenvalue weighted by atomic mass is 16.6. The molecule has 1 aliphatic rings. The van der Waals surface area contributed by atoms with E-state index in [1.165, 1.54) is 6.92 Å². The number of ketones is 1. The number of nitrogens with zero attached hydrogens (tertiary/aromatic N) is 1. The summed E-state index contributed by atoms with van der Waals surface area (Å²) >= 11 is 0. The molecule has 0 fully saturated rings. The highest BCUT2D eigenvalue weighted by molar-refractivity contribution is 5.75. The Kier molecular flexibility index (Phi) is 3.38. The minimum absolute atomic E-state index is 0.0187. The number of nitro groups is 1. The SMILES string of the molecule is CC(=O)CCC1([N+](=O)[O-])C=CCCC1. The van der Waals surface area contributed by atoms with E-state index in [1.54, 1.807) is 6.08 Å². The van der Waals surface area contributed by atoms with E-state index in [0.717, 1.165) is 12.8 Å². The Labute approximate surface area is 83.1 Å². The van der Waals surface area contributed by atoms with Crippen molar-refractivity contribution >= 4 is 5.78 Å². The summed E-state index contributed by atoms with van der Waals surface area (Å²) in [4.78, 5) is 21.5. The van der Waals surface area contributed by atoms with E-state index in [9.17, 15) is 14.9 Å². The predicted octanol–water partition coefficient (Wildman–Crippen LogP) is 2.11. The van der Waals surface area contributed by atoms with Gasteiger partial charge in [0.1, 0.15) is 5.78 Å². The van der Waals surface area contributed by atoms with Gasteiger partial charge in [-0.2, -0.15) is 0 Å². The fraction of sp³-hybridized carbons (Fsp3) is 0.700. The zero-order chi connectivity index (χ0) is 10.6. The second-order valence-electron chi connectivity index (χ2n) is 3.86. The van der Waals surface area contributed by atoms with Crippen molar-refractivity contribution in [3.63, 3.8) is 0 Å². The van der Waals surface area contributed by atoms with Crippen LogP contribution >= 0.6 is 0 Å². The van der Waals surface area contributed by atoms with Crippen LogP contribution in [0, 0.1) is 10.1 Å². The molecule has 0 aromatic carbocycles. The molecule has 0 aliphatic heterocycles. The first kappa shape index (κ1) is 10.9. The molecule has 0 aromatic heterocycles. The van der Waals surface area contributed by atoms with E-state index in [0.29, 0.717) is 19.3 Å². The summed E-state index contributed by atoms with van der Waals surface area (Å²) < 4.78 is 0. The van der Waals surface area contributed by atoms with Gasteiger partial charge in [-0.05, 0) is 25.8 Å². The van der Waals surface area contributed by atoms with Gasteiger partial charge in [-0.3, -0.25) is 10.1 Å². The molecule has 1 atom stereocenters. The lowest BCUT2D eigenvalue weighted by Crippen LogP contribution is -2.37. The van der Waals surface area contributed by atoms with E-state index in [-0.39, 0.29) is 10.7 Å². The molecule has 0 radical (unpaired) electrons. The van der Waals surface area contributed by atoms with Crippen LogP contribution < -0.4 is 0 Å². The van der Waals surface area contributed by atoms with Gasteiger partial charge in [-0.15, -0.1) is 0 Å². The Morgan fingerprint density at radius 1 is 1.64 bits per heavy atom. The summed E-state index contributed by atoms with van der Waals surface area (Å²) in [6.45, 7) is 1.47. The van der Waals surface area contributed by atoms with Crippen LogP contribution in [0.25, 0.3) is 0 Å². The number of hydrogen-bond donors (Lipinski definition) is 0. The Balaban J connectivity index is 2.71. The molecular weight excluding hydrogens is 182 g/mol. The first-order chi connectivity index (χ1) is 6.57. The monoisotopic (exact) mass is 197 g/mol. The Morgan fingerprint density at radius 3 is 2.79 bits per heavy atom. The topological polar surface area (TPSA) is 60.2 Å². The van der Waals surface area contributed by atoms with Gasteiger partial charge in [0.15, 0.2) is 0 Å². The van der Waals surface area contributed by atoms with Crippen molar-refractivity contribution in [2.75, 3.05) is 0 Å². The molecule has 1 unspecified atom stereocenters. The fourth-order valence-electron chi connectivity index (χ4n) is 1.76. The maximum absolute atomic E-state index is 10.9. The quantitative estimate of drug-likeness (QED) is 0.394. The predicted molar refractivity (Wildman–Crippen MR) is 52.6 cm³/mol. The molecule has 4 heteroatoms. The van der Waals surface area contributed by atoms with Gasteiger partial charge >= 0.3 is 0 Å². The van der Waals surface area contributed by atoms with Crippen molar-refractivity contribution in [3.05, 3.63) is 22.3 Å². The third-order valence-electron chi connectivity index (χ3n) is 2.68. The van der Waals surface area contributed by atoms with Crippen molar-refractivity contribution < 1.29 is 9.72 Å². The number of allylic oxidation sites excluding steroid dienone is 1. The Bertz CT molecular complexity index is 273. The zero-order valence-corrected chi connectivity index (χ0v) is 8.36. The molecule has 14 heavy (non-hydrogen) atoms. The molecule has 1 rings (SSSR count). The lowest BCUT2D eigenvalue weighted by atomic mass is 9.84. The summed E-state index contributed by atoms with van der Waals surface area (Å²) in [7, 11) is 0. The molecule has 0 amide bonds. The smallest absolute Gasteiger partial charge is 0.240 e. The summed E-state index contributed by atoms with van der Waals surface area (Å²) in [5.74, 6) is 0.0187. The van der Waals surface area contributed by atoms with Crippen LogP contribution in [0.15, 0.2) is 12.2 Å². The molecule has 0 saturated heterocycles. The highest BCUT2D eigenvalue weighted by Crippen LogP contribution is 2.29. The first-order valence-corrected chi connectivity index (χ1v) is 4.88. The fourth-order valence-corrected chi connectivity index (χ4v) is 1.76. The largest absolute Gasteiger partial charge is 0.300 e. The number of carbonyl (C=O) groups is 1. The first-order valence-electron chi connectivity index (χ1n) is 4.88. The second kappa shape index (κ2) is 4.35. The molecule has 0 saturated carbocycles. The van der Waals surface area contributed by atoms with Crippen molar-refractivity contribution in [1.29, 1.82) is 0 Å². The Hall–Kier alpha value is -1.19. The van der Waals surface area contributed by atoms with Gasteiger partial charge in [0.2, 0.25) is 5.54 Å². The van der Waals surface area contributed by atoms with Crippen molar-refractivity contribution in [3.8, 4) is 0 Å². The van der Waals surface area contributed by atoms with Gasteiger partial charge < -0.3 is 4.79 Å². The van der Waals surface area contributed by atoms with E-state index in [4.69, 9.17) is 0 Å². The van der Waals surface area contributed by atoms with Crippen LogP contribution in [0.2, 0.25) is 0 Å². The van der Waals surface area contributed by atoms with E-state index < -0.39 is 5.54 Å². The maximum atomic E-state index is 10.9. The number of Topliss-reactive ketones (excluding diaryl/α,β-unsaturated/α-hetero) is 1. The van der Waals surface area contributed by atoms with Crippen LogP contribution in [0.1, 0.15) is 39.0 Å². The van der Waals surface area contributed by atoms with Crippen LogP contribution in [-0.2, 0) is 4.79 Å². The molecule has 0 aromatic rings. The number of hydrogen-bond acceptors (Lipinski definition) is 3. The van der Waals surface area contributed by atoms with E-state index >= 15 is 0 Å². The third-order valence-corrected chi connectivity index (χ3v) is 2.68. The number of carbonyl (C=O) groups excluding carboxylic acids is 1. The molecule has 0 bridgehead atoms. The lowest BCUT2D eigenvalue weighted by Gasteiger charge is -2.24. The van der Waals surface area contributed by atoms with Gasteiger partial charge in [0.25, 0.3) is 0 Å². The molecular formula is C10H15NO3. The minimum atomic E-state index is -0.968. The third kappa shape index (κ3) is 2.40. The average molecular weight is 197 g/mol. The van der Waals surface area contributed by atoms with E-state index in [2.05, 4.69) is 0 Å². The van der Waals surface area contributed by atoms with Gasteiger partial charge in [0, 0.05) is 24.2 Å². The molecule has 1 aliphatic carbocycles. The summed E-state index contributed by atoms with van der Waals surface area (Å²) in [5.41, 5.74) is -0.968. The summed E-state index contributed by atoms with van der Waals surface area (Å²) in [6.07, 6.45) is 6.47. The normalized spacial score (nSPS) is 26.1. The zero-order valence-electron chi connectivity index (χ0n) is 8.36. The lowest BCUT2D eigenvalue weighted by molar-refractivity contribution is -0.558. The molecule has 0 spiro atoms. The number of rotatable bonds is 4. The molecule has 0 N–H and O–H groups in total. The van der Waals surface area contributed by atoms with Crippen LogP contribution in [0.4, 0.5) is 0 Å². The average Bonchev–Trinajstić information content (AvgIpc) is 2.16. The van der Waals surface area contributed by atoms with Crippen LogP contribution in [0.3, 0.4) is 0 Å². The van der Waals surface area contributed by atoms with Crippen molar-refractivity contribution in [2.24, 2.45) is 0 Å². The second-order valence-corrected chi connectivity index (χ2v) is 3.86. The maximum Gasteiger partial charge on any atom is 0.240 e. The highest BCUT2D eigenvalue weighted by Gasteiger charge is 2.40. The van der Waals surface area contributed by atoms with Crippen molar-refractivity contribution in [2.45, 2.75) is 44.6 Å². The molecule has 78 valence electrons. The van der Waals surface area contributed by atoms with Crippen LogP contribution in [0.5, 0.6) is 0 Å². The minimum Gasteiger partial charge on any atom is -0.300 e. The Morgan fingerprint density at radius 2 is 2.36 bits per heavy atom. The summed E-state index contributed by atoms with van der Waals surface area (Å²) in [5, 5.41) is 10.9. The molecule has 4 nitrogen and oxygen atoms in total. The standard InChI is InChI=1S/C10H15NO3/c1-9(12)5-8-10(11(13)14)6-3-2-4-7-10/h3,6H,2,4-5,7-8H2,1H3. The van der Waals surface area contributed by atoms with Crippen molar-refractivity contribution in [1.82, 2.24) is 0 Å². The van der Waals surface area contributed by atoms with Gasteiger partial charge in [0.05, 0.1) is 0 Å². The van der Waals surface area contributed by atoms with Gasteiger partial charge in [-0.1, -0.05) is 6.08 Å². The summed E-state index contributed by atoms with van der Waals surface area (Å²) in [6, 6.07) is 0. The molecule has 0 heterocycles. The van der Waals surface area contributed by atoms with Gasteiger partial charge in [-0.25, -0.2) is 0 Å². The van der Waals surface area contributed by atoms with Crippen LogP contribution in [-0.4, -0.2) is 16.2 Å². The van der Waals surface area contributed by atoms with E-state index in [1.807, 2.05) is 6.08 Å².